The van der Waals surface area contributed by atoms with Crippen molar-refractivity contribution in [3.63, 3.8) is 0 Å². The molecule has 2 N–H and O–H groups in total. The number of methoxy groups -OCH3 is 1. The molecular weight excluding hydrogens is 126 g/mol. The van der Waals surface area contributed by atoms with Crippen molar-refractivity contribution in [1.29, 1.82) is 0 Å². The van der Waals surface area contributed by atoms with Gasteiger partial charge in [-0.15, -0.1) is 0 Å². The molecule has 0 aliphatic heterocycles. The van der Waals surface area contributed by atoms with Crippen molar-refractivity contribution in [2.45, 2.75) is 13.3 Å². The summed E-state index contributed by atoms with van der Waals surface area (Å²) in [5.74, 6) is 0. The molecule has 0 bridgehead atoms. The van der Waals surface area contributed by atoms with Crippen LogP contribution in [0.15, 0.2) is 23.9 Å². The summed E-state index contributed by atoms with van der Waals surface area (Å²) < 4.78 is 4.95. The average Bonchev–Trinajstić information content (AvgIpc) is 1.98. The molecule has 0 aromatic carbocycles. The second-order valence-corrected chi connectivity index (χ2v) is 2.00. The zero-order valence-electron chi connectivity index (χ0n) is 6.63. The van der Waals surface area contributed by atoms with Crippen molar-refractivity contribution in [3.8, 4) is 0 Å². The predicted octanol–water partition coefficient (Wildman–Crippen LogP) is 1.44. The summed E-state index contributed by atoms with van der Waals surface area (Å²) >= 11 is 0. The van der Waals surface area contributed by atoms with Gasteiger partial charge in [-0.05, 0) is 24.3 Å². The molecule has 0 aromatic rings. The van der Waals surface area contributed by atoms with Crippen molar-refractivity contribution in [1.82, 2.24) is 0 Å². The quantitative estimate of drug-likeness (QED) is 0.601. The third kappa shape index (κ3) is 4.15. The van der Waals surface area contributed by atoms with Crippen molar-refractivity contribution in [2.24, 2.45) is 5.73 Å². The van der Waals surface area contributed by atoms with Gasteiger partial charge in [0.25, 0.3) is 0 Å². The highest BCUT2D eigenvalue weighted by Gasteiger charge is 1.88. The first-order valence-corrected chi connectivity index (χ1v) is 3.40. The Kier molecular flexibility index (Phi) is 5.88. The van der Waals surface area contributed by atoms with Gasteiger partial charge in [0, 0.05) is 7.11 Å². The second-order valence-electron chi connectivity index (χ2n) is 2.00. The van der Waals surface area contributed by atoms with E-state index in [1.54, 1.807) is 7.11 Å². The van der Waals surface area contributed by atoms with Gasteiger partial charge in [-0.2, -0.15) is 0 Å². The van der Waals surface area contributed by atoms with Crippen LogP contribution >= 0.6 is 0 Å². The van der Waals surface area contributed by atoms with Crippen LogP contribution in [0.3, 0.4) is 0 Å². The van der Waals surface area contributed by atoms with Crippen molar-refractivity contribution < 1.29 is 4.74 Å². The van der Waals surface area contributed by atoms with E-state index in [1.807, 2.05) is 12.2 Å². The Balaban J connectivity index is 3.78. The van der Waals surface area contributed by atoms with Crippen LogP contribution < -0.4 is 5.73 Å². The number of nitrogens with two attached hydrogens (primary N) is 1. The van der Waals surface area contributed by atoms with Gasteiger partial charge in [-0.3, -0.25) is 0 Å². The molecule has 0 saturated heterocycles. The van der Waals surface area contributed by atoms with E-state index < -0.39 is 0 Å². The van der Waals surface area contributed by atoms with Crippen LogP contribution in [0.2, 0.25) is 0 Å². The molecule has 58 valence electrons. The first kappa shape index (κ1) is 9.24. The van der Waals surface area contributed by atoms with Crippen LogP contribution in [-0.4, -0.2) is 13.7 Å². The summed E-state index contributed by atoms with van der Waals surface area (Å²) in [4.78, 5) is 0. The molecule has 10 heavy (non-hydrogen) atoms. The zero-order chi connectivity index (χ0) is 7.82. The molecule has 0 heterocycles. The predicted molar refractivity (Wildman–Crippen MR) is 43.6 cm³/mol. The lowest BCUT2D eigenvalue weighted by Gasteiger charge is -1.99. The molecule has 0 aliphatic rings. The van der Waals surface area contributed by atoms with Gasteiger partial charge in [0.05, 0.1) is 6.61 Å². The SMILES string of the molecule is CC/C(=C\C=C/N)COC. The molecule has 0 fully saturated rings. The number of ether oxygens (including phenoxy) is 1. The number of rotatable bonds is 4. The van der Waals surface area contributed by atoms with Crippen molar-refractivity contribution in [3.05, 3.63) is 23.9 Å². The normalized spacial score (nSPS) is 12.8. The molecule has 0 aromatic heterocycles. The minimum atomic E-state index is 0.695. The van der Waals surface area contributed by atoms with E-state index in [1.165, 1.54) is 11.8 Å². The van der Waals surface area contributed by atoms with E-state index in [0.717, 1.165) is 6.42 Å². The minimum absolute atomic E-state index is 0.695. The Morgan fingerprint density at radius 2 is 2.30 bits per heavy atom. The molecule has 0 radical (unpaired) electrons. The zero-order valence-corrected chi connectivity index (χ0v) is 6.63. The van der Waals surface area contributed by atoms with Crippen LogP contribution in [0.25, 0.3) is 0 Å². The summed E-state index contributed by atoms with van der Waals surface area (Å²) in [6.07, 6.45) is 6.32. The highest BCUT2D eigenvalue weighted by atomic mass is 16.5. The van der Waals surface area contributed by atoms with E-state index >= 15 is 0 Å². The number of hydrogen-bond donors (Lipinski definition) is 1. The van der Waals surface area contributed by atoms with E-state index in [-0.39, 0.29) is 0 Å². The highest BCUT2D eigenvalue weighted by molar-refractivity contribution is 5.11. The first-order valence-electron chi connectivity index (χ1n) is 3.40. The second kappa shape index (κ2) is 6.36. The summed E-state index contributed by atoms with van der Waals surface area (Å²) in [6.45, 7) is 2.79. The molecule has 0 spiro atoms. The van der Waals surface area contributed by atoms with Crippen molar-refractivity contribution in [2.75, 3.05) is 13.7 Å². The van der Waals surface area contributed by atoms with Gasteiger partial charge in [-0.1, -0.05) is 13.0 Å². The topological polar surface area (TPSA) is 35.2 Å². The molecule has 0 unspecified atom stereocenters. The van der Waals surface area contributed by atoms with E-state index in [9.17, 15) is 0 Å². The largest absolute Gasteiger partial charge is 0.405 e. The lowest BCUT2D eigenvalue weighted by Crippen LogP contribution is -1.92. The highest BCUT2D eigenvalue weighted by Crippen LogP contribution is 1.99. The minimum Gasteiger partial charge on any atom is -0.405 e. The molecule has 0 rings (SSSR count). The Labute approximate surface area is 62.4 Å². The Bertz CT molecular complexity index is 127. The molecule has 0 aliphatic carbocycles. The molecule has 0 amide bonds. The maximum Gasteiger partial charge on any atom is 0.0675 e. The van der Waals surface area contributed by atoms with E-state index in [4.69, 9.17) is 10.5 Å². The molecule has 0 atom stereocenters. The smallest absolute Gasteiger partial charge is 0.0675 e. The Morgan fingerprint density at radius 3 is 2.70 bits per heavy atom. The molecular formula is C8H15NO. The molecule has 2 heteroatoms. The Hall–Kier alpha value is -0.760. The van der Waals surface area contributed by atoms with Crippen LogP contribution in [0.1, 0.15) is 13.3 Å². The fraction of sp³-hybridized carbons (Fsp3) is 0.500. The van der Waals surface area contributed by atoms with Crippen LogP contribution in [0.4, 0.5) is 0 Å². The van der Waals surface area contributed by atoms with Crippen LogP contribution in [0, 0.1) is 0 Å². The third-order valence-electron chi connectivity index (χ3n) is 1.23. The van der Waals surface area contributed by atoms with E-state index in [0.29, 0.717) is 6.61 Å². The van der Waals surface area contributed by atoms with Crippen molar-refractivity contribution >= 4 is 0 Å². The van der Waals surface area contributed by atoms with Gasteiger partial charge in [-0.25, -0.2) is 0 Å². The first-order chi connectivity index (χ1) is 4.85. The maximum absolute atomic E-state index is 5.16. The van der Waals surface area contributed by atoms with Crippen LogP contribution in [-0.2, 0) is 4.74 Å². The average molecular weight is 141 g/mol. The summed E-state index contributed by atoms with van der Waals surface area (Å²) in [7, 11) is 1.69. The third-order valence-corrected chi connectivity index (χ3v) is 1.23. The van der Waals surface area contributed by atoms with Gasteiger partial charge >= 0.3 is 0 Å². The van der Waals surface area contributed by atoms with Gasteiger partial charge in [0.15, 0.2) is 0 Å². The standard InChI is InChI=1S/C8H15NO/c1-3-8(7-10-2)5-4-6-9/h4-6H,3,7,9H2,1-2H3/b6-4-,8-5+. The van der Waals surface area contributed by atoms with E-state index in [2.05, 4.69) is 6.92 Å². The number of hydrogen-bond acceptors (Lipinski definition) is 2. The number of allylic oxidation sites excluding steroid dienone is 2. The molecule has 0 saturated carbocycles. The summed E-state index contributed by atoms with van der Waals surface area (Å²) in [6, 6.07) is 0. The van der Waals surface area contributed by atoms with Crippen LogP contribution in [0.5, 0.6) is 0 Å². The fourth-order valence-electron chi connectivity index (χ4n) is 0.645. The monoisotopic (exact) mass is 141 g/mol. The fourth-order valence-corrected chi connectivity index (χ4v) is 0.645. The van der Waals surface area contributed by atoms with Gasteiger partial charge < -0.3 is 10.5 Å². The maximum atomic E-state index is 5.16. The van der Waals surface area contributed by atoms with Gasteiger partial charge in [0.2, 0.25) is 0 Å². The summed E-state index contributed by atoms with van der Waals surface area (Å²) in [5.41, 5.74) is 6.42. The Morgan fingerprint density at radius 1 is 1.60 bits per heavy atom. The summed E-state index contributed by atoms with van der Waals surface area (Å²) in [5, 5.41) is 0. The lowest BCUT2D eigenvalue weighted by atomic mass is 10.2. The lowest BCUT2D eigenvalue weighted by molar-refractivity contribution is 0.223. The molecule has 2 nitrogen and oxygen atoms in total. The van der Waals surface area contributed by atoms with Gasteiger partial charge in [0.1, 0.15) is 0 Å².